The van der Waals surface area contributed by atoms with E-state index in [4.69, 9.17) is 14.2 Å². The van der Waals surface area contributed by atoms with Gasteiger partial charge in [-0.3, -0.25) is 0 Å². The summed E-state index contributed by atoms with van der Waals surface area (Å²) in [4.78, 5) is 11.4. The van der Waals surface area contributed by atoms with E-state index in [1.54, 1.807) is 0 Å². The molecule has 0 spiro atoms. The molecule has 0 aromatic rings. The fourth-order valence-corrected chi connectivity index (χ4v) is 1.69. The molecule has 1 heterocycles. The van der Waals surface area contributed by atoms with E-state index in [9.17, 15) is 4.79 Å². The third-order valence-electron chi connectivity index (χ3n) is 2.60. The predicted octanol–water partition coefficient (Wildman–Crippen LogP) is 1.11. The summed E-state index contributed by atoms with van der Waals surface area (Å²) >= 11 is 0. The highest BCUT2D eigenvalue weighted by Gasteiger charge is 2.15. The van der Waals surface area contributed by atoms with Crippen molar-refractivity contribution in [1.29, 1.82) is 0 Å². The summed E-state index contributed by atoms with van der Waals surface area (Å²) in [5.74, 6) is -0.314. The Morgan fingerprint density at radius 1 is 1.22 bits per heavy atom. The number of hydrogen-bond acceptors (Lipinski definition) is 5. The van der Waals surface area contributed by atoms with Gasteiger partial charge in [0.2, 0.25) is 0 Å². The average molecular weight is 259 g/mol. The van der Waals surface area contributed by atoms with Crippen LogP contribution in [0.15, 0.2) is 0 Å². The Morgan fingerprint density at radius 2 is 1.89 bits per heavy atom. The van der Waals surface area contributed by atoms with Crippen molar-refractivity contribution in [1.82, 2.24) is 5.32 Å². The van der Waals surface area contributed by atoms with Crippen LogP contribution in [0.5, 0.6) is 0 Å². The molecule has 1 aliphatic heterocycles. The van der Waals surface area contributed by atoms with Crippen LogP contribution in [-0.2, 0) is 19.0 Å². The molecule has 0 unspecified atom stereocenters. The van der Waals surface area contributed by atoms with Crippen molar-refractivity contribution in [3.8, 4) is 0 Å². The predicted molar refractivity (Wildman–Crippen MR) is 68.5 cm³/mol. The third kappa shape index (κ3) is 7.63. The van der Waals surface area contributed by atoms with E-state index >= 15 is 0 Å². The van der Waals surface area contributed by atoms with Gasteiger partial charge < -0.3 is 19.5 Å². The van der Waals surface area contributed by atoms with E-state index in [1.165, 1.54) is 0 Å². The zero-order chi connectivity index (χ0) is 13.4. The molecule has 5 heteroatoms. The summed E-state index contributed by atoms with van der Waals surface area (Å²) in [6.45, 7) is 8.56. The van der Waals surface area contributed by atoms with Crippen molar-refractivity contribution in [3.05, 3.63) is 0 Å². The first-order valence-corrected chi connectivity index (χ1v) is 6.59. The Kier molecular flexibility index (Phi) is 6.60. The van der Waals surface area contributed by atoms with Crippen molar-refractivity contribution in [2.75, 3.05) is 32.9 Å². The Balaban J connectivity index is 2.00. The number of carbonyl (C=O) groups excluding carboxylic acids is 1. The molecule has 1 aliphatic rings. The SMILES string of the molecule is CC(C)(C)OCCOC(=O)COC1CCNCC1. The van der Waals surface area contributed by atoms with E-state index in [1.807, 2.05) is 20.8 Å². The lowest BCUT2D eigenvalue weighted by atomic mass is 10.1. The van der Waals surface area contributed by atoms with Gasteiger partial charge in [0.15, 0.2) is 0 Å². The Labute approximate surface area is 109 Å². The quantitative estimate of drug-likeness (QED) is 0.572. The Hall–Kier alpha value is -0.650. The number of carbonyl (C=O) groups is 1. The van der Waals surface area contributed by atoms with Crippen LogP contribution < -0.4 is 5.32 Å². The topological polar surface area (TPSA) is 56.8 Å². The maximum Gasteiger partial charge on any atom is 0.332 e. The maximum absolute atomic E-state index is 11.4. The first-order valence-electron chi connectivity index (χ1n) is 6.59. The van der Waals surface area contributed by atoms with Crippen LogP contribution >= 0.6 is 0 Å². The van der Waals surface area contributed by atoms with Gasteiger partial charge in [-0.2, -0.15) is 0 Å². The molecule has 1 fully saturated rings. The molecule has 18 heavy (non-hydrogen) atoms. The van der Waals surface area contributed by atoms with Crippen molar-refractivity contribution in [3.63, 3.8) is 0 Å². The van der Waals surface area contributed by atoms with E-state index in [2.05, 4.69) is 5.32 Å². The molecule has 0 saturated carbocycles. The molecule has 0 amide bonds. The second-order valence-electron chi connectivity index (χ2n) is 5.44. The van der Waals surface area contributed by atoms with Gasteiger partial charge in [-0.1, -0.05) is 0 Å². The number of ether oxygens (including phenoxy) is 3. The van der Waals surface area contributed by atoms with Crippen LogP contribution in [0.4, 0.5) is 0 Å². The van der Waals surface area contributed by atoms with E-state index in [0.717, 1.165) is 25.9 Å². The molecule has 1 saturated heterocycles. The number of hydrogen-bond donors (Lipinski definition) is 1. The van der Waals surface area contributed by atoms with Gasteiger partial charge in [0, 0.05) is 0 Å². The van der Waals surface area contributed by atoms with E-state index in [0.29, 0.717) is 6.61 Å². The number of piperidine rings is 1. The second-order valence-corrected chi connectivity index (χ2v) is 5.44. The molecule has 1 N–H and O–H groups in total. The van der Waals surface area contributed by atoms with Gasteiger partial charge >= 0.3 is 5.97 Å². The lowest BCUT2D eigenvalue weighted by molar-refractivity contribution is -0.154. The molecular weight excluding hydrogens is 234 g/mol. The second kappa shape index (κ2) is 7.71. The fourth-order valence-electron chi connectivity index (χ4n) is 1.69. The van der Waals surface area contributed by atoms with Crippen molar-refractivity contribution < 1.29 is 19.0 Å². The molecule has 0 aromatic heterocycles. The molecule has 0 atom stereocenters. The van der Waals surface area contributed by atoms with Crippen LogP contribution in [0.2, 0.25) is 0 Å². The minimum atomic E-state index is -0.314. The van der Waals surface area contributed by atoms with Crippen LogP contribution in [-0.4, -0.2) is 50.6 Å². The zero-order valence-electron chi connectivity index (χ0n) is 11.7. The molecular formula is C13H25NO4. The Morgan fingerprint density at radius 3 is 2.50 bits per heavy atom. The van der Waals surface area contributed by atoms with Gasteiger partial charge in [0.25, 0.3) is 0 Å². The highest BCUT2D eigenvalue weighted by molar-refractivity contribution is 5.70. The van der Waals surface area contributed by atoms with Crippen molar-refractivity contribution in [2.24, 2.45) is 0 Å². The van der Waals surface area contributed by atoms with Crippen LogP contribution in [0.25, 0.3) is 0 Å². The summed E-state index contributed by atoms with van der Waals surface area (Å²) in [7, 11) is 0. The van der Waals surface area contributed by atoms with Gasteiger partial charge in [-0.25, -0.2) is 4.79 Å². The maximum atomic E-state index is 11.4. The van der Waals surface area contributed by atoms with E-state index < -0.39 is 0 Å². The van der Waals surface area contributed by atoms with Gasteiger partial charge in [-0.05, 0) is 46.7 Å². The molecule has 1 rings (SSSR count). The average Bonchev–Trinajstić information content (AvgIpc) is 2.32. The van der Waals surface area contributed by atoms with Gasteiger partial charge in [0.1, 0.15) is 13.2 Å². The summed E-state index contributed by atoms with van der Waals surface area (Å²) in [6.07, 6.45) is 2.10. The molecule has 0 bridgehead atoms. The van der Waals surface area contributed by atoms with Crippen LogP contribution in [0.3, 0.4) is 0 Å². The summed E-state index contributed by atoms with van der Waals surface area (Å²) in [5, 5.41) is 3.25. The smallest absolute Gasteiger partial charge is 0.332 e. The lowest BCUT2D eigenvalue weighted by Gasteiger charge is -2.22. The molecule has 106 valence electrons. The highest BCUT2D eigenvalue weighted by atomic mass is 16.6. The molecule has 0 aromatic carbocycles. The monoisotopic (exact) mass is 259 g/mol. The normalized spacial score (nSPS) is 17.7. The van der Waals surface area contributed by atoms with Gasteiger partial charge in [-0.15, -0.1) is 0 Å². The van der Waals surface area contributed by atoms with E-state index in [-0.39, 0.29) is 30.9 Å². The lowest BCUT2D eigenvalue weighted by Crippen LogP contribution is -2.33. The van der Waals surface area contributed by atoms with Crippen molar-refractivity contribution >= 4 is 5.97 Å². The summed E-state index contributed by atoms with van der Waals surface area (Å²) in [5.41, 5.74) is -0.196. The first-order chi connectivity index (χ1) is 8.47. The fraction of sp³-hybridized carbons (Fsp3) is 0.923. The third-order valence-corrected chi connectivity index (χ3v) is 2.60. The van der Waals surface area contributed by atoms with Crippen LogP contribution in [0.1, 0.15) is 33.6 Å². The molecule has 0 radical (unpaired) electrons. The minimum Gasteiger partial charge on any atom is -0.462 e. The number of esters is 1. The zero-order valence-corrected chi connectivity index (χ0v) is 11.7. The van der Waals surface area contributed by atoms with Gasteiger partial charge in [0.05, 0.1) is 18.3 Å². The summed E-state index contributed by atoms with van der Waals surface area (Å²) in [6, 6.07) is 0. The highest BCUT2D eigenvalue weighted by Crippen LogP contribution is 2.07. The number of rotatable bonds is 6. The first kappa shape index (κ1) is 15.4. The standard InChI is InChI=1S/C13H25NO4/c1-13(2,3)18-9-8-16-12(15)10-17-11-4-6-14-7-5-11/h11,14H,4-10H2,1-3H3. The molecule has 5 nitrogen and oxygen atoms in total. The largest absolute Gasteiger partial charge is 0.462 e. The summed E-state index contributed by atoms with van der Waals surface area (Å²) < 4.78 is 16.0. The van der Waals surface area contributed by atoms with Crippen LogP contribution in [0, 0.1) is 0 Å². The Bertz CT molecular complexity index is 244. The molecule has 0 aliphatic carbocycles. The minimum absolute atomic E-state index is 0.0418. The van der Waals surface area contributed by atoms with Crippen molar-refractivity contribution in [2.45, 2.75) is 45.3 Å². The number of nitrogens with one attached hydrogen (secondary N) is 1.